The SMILES string of the molecule is COC(=O)C1=C(C)N=c2s/c(=C\c3cccc(Br)c3)c(=O)n2[C@@H]1/C=C/c1ccccc1. The first kappa shape index (κ1) is 21.2. The van der Waals surface area contributed by atoms with Gasteiger partial charge in [-0.15, -0.1) is 0 Å². The number of benzene rings is 2. The van der Waals surface area contributed by atoms with Gasteiger partial charge in [-0.3, -0.25) is 9.36 Å². The summed E-state index contributed by atoms with van der Waals surface area (Å²) in [5.74, 6) is -0.495. The van der Waals surface area contributed by atoms with Gasteiger partial charge in [-0.05, 0) is 36.3 Å². The van der Waals surface area contributed by atoms with Gasteiger partial charge in [0, 0.05) is 4.47 Å². The zero-order valence-corrected chi connectivity index (χ0v) is 19.3. The zero-order chi connectivity index (χ0) is 22.0. The van der Waals surface area contributed by atoms with E-state index in [1.54, 1.807) is 11.5 Å². The summed E-state index contributed by atoms with van der Waals surface area (Å²) in [5.41, 5.74) is 2.58. The molecule has 0 radical (unpaired) electrons. The van der Waals surface area contributed by atoms with Crippen LogP contribution in [0.1, 0.15) is 24.1 Å². The van der Waals surface area contributed by atoms with Crippen molar-refractivity contribution in [2.45, 2.75) is 13.0 Å². The highest BCUT2D eigenvalue weighted by Gasteiger charge is 2.30. The number of halogens is 1. The number of esters is 1. The molecule has 1 aliphatic rings. The lowest BCUT2D eigenvalue weighted by Crippen LogP contribution is -2.38. The average molecular weight is 495 g/mol. The van der Waals surface area contributed by atoms with Crippen molar-refractivity contribution in [3.8, 4) is 0 Å². The van der Waals surface area contributed by atoms with Crippen molar-refractivity contribution in [3.05, 3.63) is 107 Å². The fourth-order valence-corrected chi connectivity index (χ4v) is 4.90. The third kappa shape index (κ3) is 4.38. The standard InChI is InChI=1S/C24H19BrN2O3S/c1-15-21(23(29)30-2)19(12-11-16-7-4-3-5-8-16)27-22(28)20(31-24(27)26-15)14-17-9-6-10-18(25)13-17/h3-14,19H,1-2H3/b12-11+,20-14-/t19-/m1/s1. The minimum atomic E-state index is -0.603. The van der Waals surface area contributed by atoms with E-state index in [2.05, 4.69) is 20.9 Å². The molecule has 2 heterocycles. The summed E-state index contributed by atoms with van der Waals surface area (Å²) in [6, 6.07) is 16.8. The lowest BCUT2D eigenvalue weighted by Gasteiger charge is -2.21. The van der Waals surface area contributed by atoms with Crippen LogP contribution in [0.25, 0.3) is 12.2 Å². The molecule has 1 aromatic heterocycles. The second kappa shape index (κ2) is 8.99. The van der Waals surface area contributed by atoms with Crippen molar-refractivity contribution >= 4 is 45.4 Å². The van der Waals surface area contributed by atoms with E-state index in [-0.39, 0.29) is 5.56 Å². The predicted molar refractivity (Wildman–Crippen MR) is 126 cm³/mol. The number of nitrogens with zero attached hydrogens (tertiary/aromatic N) is 2. The molecule has 1 atom stereocenters. The van der Waals surface area contributed by atoms with E-state index in [1.165, 1.54) is 18.4 Å². The molecule has 31 heavy (non-hydrogen) atoms. The molecule has 0 saturated carbocycles. The first-order chi connectivity index (χ1) is 15.0. The summed E-state index contributed by atoms with van der Waals surface area (Å²) < 4.78 is 8.04. The largest absolute Gasteiger partial charge is 0.466 e. The maximum atomic E-state index is 13.3. The summed E-state index contributed by atoms with van der Waals surface area (Å²) >= 11 is 4.76. The number of carbonyl (C=O) groups is 1. The maximum Gasteiger partial charge on any atom is 0.338 e. The Kier molecular flexibility index (Phi) is 6.15. The lowest BCUT2D eigenvalue weighted by atomic mass is 10.0. The van der Waals surface area contributed by atoms with Gasteiger partial charge in [-0.2, -0.15) is 0 Å². The number of ether oxygens (including phenoxy) is 1. The van der Waals surface area contributed by atoms with Crippen LogP contribution in [0.4, 0.5) is 0 Å². The van der Waals surface area contributed by atoms with Crippen LogP contribution in [0.5, 0.6) is 0 Å². The minimum Gasteiger partial charge on any atom is -0.466 e. The van der Waals surface area contributed by atoms with Crippen LogP contribution in [-0.2, 0) is 9.53 Å². The van der Waals surface area contributed by atoms with E-state index in [0.29, 0.717) is 20.6 Å². The molecule has 0 saturated heterocycles. The molecular weight excluding hydrogens is 476 g/mol. The van der Waals surface area contributed by atoms with Gasteiger partial charge in [0.15, 0.2) is 4.80 Å². The summed E-state index contributed by atoms with van der Waals surface area (Å²) in [7, 11) is 1.33. The van der Waals surface area contributed by atoms with Gasteiger partial charge in [0.05, 0.1) is 29.0 Å². The van der Waals surface area contributed by atoms with Crippen molar-refractivity contribution in [1.29, 1.82) is 0 Å². The Morgan fingerprint density at radius 3 is 2.61 bits per heavy atom. The molecule has 5 nitrogen and oxygen atoms in total. The average Bonchev–Trinajstić information content (AvgIpc) is 3.06. The van der Waals surface area contributed by atoms with E-state index >= 15 is 0 Å². The Labute approximate surface area is 191 Å². The fourth-order valence-electron chi connectivity index (χ4n) is 3.43. The second-order valence-electron chi connectivity index (χ2n) is 6.94. The predicted octanol–water partition coefficient (Wildman–Crippen LogP) is 3.84. The van der Waals surface area contributed by atoms with Crippen LogP contribution in [0.15, 0.2) is 86.2 Å². The highest BCUT2D eigenvalue weighted by atomic mass is 79.9. The Morgan fingerprint density at radius 1 is 1.16 bits per heavy atom. The van der Waals surface area contributed by atoms with Crippen LogP contribution in [-0.4, -0.2) is 17.6 Å². The van der Waals surface area contributed by atoms with E-state index in [0.717, 1.165) is 15.6 Å². The number of carbonyl (C=O) groups excluding carboxylic acids is 1. The summed E-state index contributed by atoms with van der Waals surface area (Å²) in [4.78, 5) is 31.0. The maximum absolute atomic E-state index is 13.3. The lowest BCUT2D eigenvalue weighted by molar-refractivity contribution is -0.136. The van der Waals surface area contributed by atoms with E-state index in [9.17, 15) is 9.59 Å². The number of hydrogen-bond acceptors (Lipinski definition) is 5. The normalized spacial score (nSPS) is 16.4. The fraction of sp³-hybridized carbons (Fsp3) is 0.125. The third-order valence-corrected chi connectivity index (χ3v) is 6.36. The van der Waals surface area contributed by atoms with E-state index < -0.39 is 12.0 Å². The molecule has 7 heteroatoms. The number of rotatable bonds is 4. The number of methoxy groups -OCH3 is 1. The summed E-state index contributed by atoms with van der Waals surface area (Å²) in [5, 5.41) is 0. The monoisotopic (exact) mass is 494 g/mol. The van der Waals surface area contributed by atoms with Crippen LogP contribution >= 0.6 is 27.3 Å². The molecule has 0 aliphatic carbocycles. The summed E-state index contributed by atoms with van der Waals surface area (Å²) in [6.45, 7) is 1.76. The van der Waals surface area contributed by atoms with Gasteiger partial charge < -0.3 is 4.74 Å². The highest BCUT2D eigenvalue weighted by molar-refractivity contribution is 9.10. The van der Waals surface area contributed by atoms with Gasteiger partial charge in [-0.1, -0.05) is 81.9 Å². The summed E-state index contributed by atoms with van der Waals surface area (Å²) in [6.07, 6.45) is 5.59. The highest BCUT2D eigenvalue weighted by Crippen LogP contribution is 2.26. The van der Waals surface area contributed by atoms with Crippen LogP contribution in [0, 0.1) is 0 Å². The Bertz CT molecular complexity index is 1380. The Morgan fingerprint density at radius 2 is 1.90 bits per heavy atom. The van der Waals surface area contributed by atoms with Crippen molar-refractivity contribution in [3.63, 3.8) is 0 Å². The molecule has 4 rings (SSSR count). The first-order valence-electron chi connectivity index (χ1n) is 9.57. The first-order valence-corrected chi connectivity index (χ1v) is 11.2. The molecule has 0 bridgehead atoms. The molecule has 0 N–H and O–H groups in total. The van der Waals surface area contributed by atoms with E-state index in [1.807, 2.05) is 72.8 Å². The van der Waals surface area contributed by atoms with Crippen molar-refractivity contribution in [2.75, 3.05) is 7.11 Å². The molecular formula is C24H19BrN2O3S. The topological polar surface area (TPSA) is 60.7 Å². The molecule has 3 aromatic rings. The third-order valence-electron chi connectivity index (χ3n) is 4.89. The molecule has 0 fully saturated rings. The number of allylic oxidation sites excluding steroid dienone is 2. The van der Waals surface area contributed by atoms with Crippen LogP contribution in [0.2, 0.25) is 0 Å². The van der Waals surface area contributed by atoms with E-state index in [4.69, 9.17) is 4.74 Å². The minimum absolute atomic E-state index is 0.194. The smallest absolute Gasteiger partial charge is 0.338 e. The number of thiazole rings is 1. The van der Waals surface area contributed by atoms with Crippen molar-refractivity contribution in [2.24, 2.45) is 4.99 Å². The van der Waals surface area contributed by atoms with Gasteiger partial charge in [0.25, 0.3) is 5.56 Å². The molecule has 0 unspecified atom stereocenters. The number of aromatic nitrogens is 1. The molecule has 1 aliphatic heterocycles. The number of fused-ring (bicyclic) bond motifs is 1. The quantitative estimate of drug-likeness (QED) is 0.517. The molecule has 2 aromatic carbocycles. The van der Waals surface area contributed by atoms with Gasteiger partial charge in [0.1, 0.15) is 0 Å². The zero-order valence-electron chi connectivity index (χ0n) is 16.9. The molecule has 156 valence electrons. The van der Waals surface area contributed by atoms with Gasteiger partial charge in [0.2, 0.25) is 0 Å². The van der Waals surface area contributed by atoms with Crippen molar-refractivity contribution < 1.29 is 9.53 Å². The van der Waals surface area contributed by atoms with Gasteiger partial charge in [-0.25, -0.2) is 9.79 Å². The second-order valence-corrected chi connectivity index (χ2v) is 8.87. The Balaban J connectivity index is 1.89. The number of hydrogen-bond donors (Lipinski definition) is 0. The van der Waals surface area contributed by atoms with Crippen molar-refractivity contribution in [1.82, 2.24) is 4.57 Å². The van der Waals surface area contributed by atoms with Crippen LogP contribution < -0.4 is 14.9 Å². The molecule has 0 amide bonds. The Hall–Kier alpha value is -3.03. The van der Waals surface area contributed by atoms with Gasteiger partial charge >= 0.3 is 5.97 Å². The molecule has 0 spiro atoms. The van der Waals surface area contributed by atoms with Crippen LogP contribution in [0.3, 0.4) is 0 Å².